The van der Waals surface area contributed by atoms with E-state index in [9.17, 15) is 24.0 Å². The van der Waals surface area contributed by atoms with Gasteiger partial charge in [-0.2, -0.15) is 9.97 Å². The summed E-state index contributed by atoms with van der Waals surface area (Å²) in [5, 5.41) is 10.9. The first kappa shape index (κ1) is 35.9. The molecular weight excluding hydrogens is 632 g/mol. The highest BCUT2D eigenvalue weighted by atomic mass is 16.5. The van der Waals surface area contributed by atoms with E-state index >= 15 is 0 Å². The average Bonchev–Trinajstić information content (AvgIpc) is 3.41. The van der Waals surface area contributed by atoms with Crippen molar-refractivity contribution in [2.45, 2.75) is 58.2 Å². The zero-order chi connectivity index (χ0) is 35.2. The normalized spacial score (nSPS) is 11.4. The van der Waals surface area contributed by atoms with Crippen molar-refractivity contribution in [3.05, 3.63) is 81.8 Å². The van der Waals surface area contributed by atoms with E-state index in [0.717, 1.165) is 24.0 Å². The number of hydrogen-bond acceptors (Lipinski definition) is 10. The van der Waals surface area contributed by atoms with Gasteiger partial charge in [-0.15, -0.1) is 0 Å². The number of hydrogen-bond donors (Lipinski definition) is 7. The van der Waals surface area contributed by atoms with Gasteiger partial charge in [0, 0.05) is 18.7 Å². The van der Waals surface area contributed by atoms with Crippen molar-refractivity contribution in [2.75, 3.05) is 30.7 Å². The summed E-state index contributed by atoms with van der Waals surface area (Å²) in [5.74, 6) is -1.01. The maximum absolute atomic E-state index is 12.7. The Morgan fingerprint density at radius 1 is 0.939 bits per heavy atom. The van der Waals surface area contributed by atoms with Crippen LogP contribution in [-0.4, -0.2) is 69.0 Å². The van der Waals surface area contributed by atoms with Gasteiger partial charge in [-0.25, -0.2) is 9.59 Å². The van der Waals surface area contributed by atoms with Gasteiger partial charge in [-0.1, -0.05) is 55.8 Å². The van der Waals surface area contributed by atoms with Crippen LogP contribution >= 0.6 is 0 Å². The van der Waals surface area contributed by atoms with E-state index < -0.39 is 29.6 Å². The van der Waals surface area contributed by atoms with E-state index in [-0.39, 0.29) is 37.8 Å². The van der Waals surface area contributed by atoms with Gasteiger partial charge in [-0.05, 0) is 48.9 Å². The second-order valence-electron chi connectivity index (χ2n) is 11.3. The first-order chi connectivity index (χ1) is 23.6. The van der Waals surface area contributed by atoms with Crippen molar-refractivity contribution in [3.63, 3.8) is 0 Å². The average molecular weight is 675 g/mol. The number of imidazole rings is 1. The molecule has 2 aromatic carbocycles. The van der Waals surface area contributed by atoms with Crippen LogP contribution in [0.1, 0.15) is 60.5 Å². The summed E-state index contributed by atoms with van der Waals surface area (Å²) in [6, 6.07) is 14.8. The van der Waals surface area contributed by atoms with Gasteiger partial charge in [0.1, 0.15) is 18.2 Å². The second kappa shape index (κ2) is 17.8. The first-order valence-corrected chi connectivity index (χ1v) is 16.0. The fraction of sp³-hybridized carbons (Fsp3) is 0.364. The van der Waals surface area contributed by atoms with Crippen LogP contribution in [0.5, 0.6) is 0 Å². The highest BCUT2D eigenvalue weighted by molar-refractivity contribution is 5.96. The van der Waals surface area contributed by atoms with Gasteiger partial charge < -0.3 is 42.5 Å². The Labute approximate surface area is 282 Å². The first-order valence-electron chi connectivity index (χ1n) is 16.0. The fourth-order valence-corrected chi connectivity index (χ4v) is 4.82. The standard InChI is InChI=1S/C33H42N10O6/c1-2-3-16-37-31-41-27(34)26-29(42-31)43(32(47)40-26)19-21-12-14-23(15-13-21)30(46)38-18-25(44)36-17-8-7-11-24(28(35)45)39-33(48)49-20-22-9-5-4-6-10-22/h4-6,9-10,12-15,24H,2-3,7-8,11,16-20H2,1H3,(H2,35,45)(H,36,44)(H,38,46)(H,39,48)(H,40,47)(H3,34,37,41,42). The number of primary amides is 1. The van der Waals surface area contributed by atoms with Crippen LogP contribution in [0.2, 0.25) is 0 Å². The second-order valence-corrected chi connectivity index (χ2v) is 11.3. The van der Waals surface area contributed by atoms with Gasteiger partial charge in [0.15, 0.2) is 11.5 Å². The van der Waals surface area contributed by atoms with Gasteiger partial charge in [0.2, 0.25) is 17.8 Å². The largest absolute Gasteiger partial charge is 0.445 e. The third kappa shape index (κ3) is 10.8. The molecule has 0 aliphatic heterocycles. The number of aromatic nitrogens is 4. The Bertz CT molecular complexity index is 1790. The minimum Gasteiger partial charge on any atom is -0.445 e. The highest BCUT2D eigenvalue weighted by Gasteiger charge is 2.19. The molecule has 260 valence electrons. The molecule has 0 bridgehead atoms. The lowest BCUT2D eigenvalue weighted by Crippen LogP contribution is -2.44. The summed E-state index contributed by atoms with van der Waals surface area (Å²) >= 11 is 0. The number of nitrogen functional groups attached to an aromatic ring is 1. The number of carbonyl (C=O) groups is 4. The minimum absolute atomic E-state index is 0.0605. The zero-order valence-corrected chi connectivity index (χ0v) is 27.3. The Morgan fingerprint density at radius 2 is 1.69 bits per heavy atom. The SMILES string of the molecule is CCCCNc1nc(N)c2[nH]c(=O)n(Cc3ccc(C(=O)NCC(=O)NCCCCC(NC(=O)OCc4ccccc4)C(N)=O)cc3)c2n1. The smallest absolute Gasteiger partial charge is 0.408 e. The molecule has 0 saturated carbocycles. The maximum atomic E-state index is 12.7. The Balaban J connectivity index is 1.17. The summed E-state index contributed by atoms with van der Waals surface area (Å²) in [7, 11) is 0. The molecule has 4 rings (SSSR count). The van der Waals surface area contributed by atoms with E-state index in [4.69, 9.17) is 16.2 Å². The molecule has 0 aliphatic carbocycles. The molecule has 1 atom stereocenters. The molecule has 16 nitrogen and oxygen atoms in total. The lowest BCUT2D eigenvalue weighted by molar-refractivity contribution is -0.121. The quantitative estimate of drug-likeness (QED) is 0.0754. The predicted octanol–water partition coefficient (Wildman–Crippen LogP) is 1.76. The lowest BCUT2D eigenvalue weighted by atomic mass is 10.1. The number of nitrogens with one attached hydrogen (secondary N) is 5. The number of rotatable bonds is 18. The number of fused-ring (bicyclic) bond motifs is 1. The molecule has 9 N–H and O–H groups in total. The molecule has 2 aromatic heterocycles. The Hall–Kier alpha value is -5.93. The molecule has 16 heteroatoms. The Kier molecular flexibility index (Phi) is 13.1. The van der Waals surface area contributed by atoms with Crippen molar-refractivity contribution in [1.82, 2.24) is 35.5 Å². The summed E-state index contributed by atoms with van der Waals surface area (Å²) in [4.78, 5) is 72.8. The van der Waals surface area contributed by atoms with Crippen LogP contribution < -0.4 is 38.4 Å². The number of carbonyl (C=O) groups excluding carboxylic acids is 4. The number of ether oxygens (including phenoxy) is 1. The molecule has 4 aromatic rings. The number of aromatic amines is 1. The van der Waals surface area contributed by atoms with Crippen molar-refractivity contribution >= 4 is 46.7 Å². The van der Waals surface area contributed by atoms with Gasteiger partial charge >= 0.3 is 11.8 Å². The van der Waals surface area contributed by atoms with Crippen molar-refractivity contribution in [3.8, 4) is 0 Å². The van der Waals surface area contributed by atoms with E-state index in [0.29, 0.717) is 48.6 Å². The summed E-state index contributed by atoms with van der Waals surface area (Å²) < 4.78 is 6.59. The maximum Gasteiger partial charge on any atom is 0.408 e. The van der Waals surface area contributed by atoms with E-state index in [1.165, 1.54) is 4.57 Å². The van der Waals surface area contributed by atoms with Crippen LogP contribution in [0.3, 0.4) is 0 Å². The topological polar surface area (TPSA) is 241 Å². The number of benzene rings is 2. The molecule has 2 heterocycles. The van der Waals surface area contributed by atoms with Gasteiger partial charge in [-0.3, -0.25) is 19.0 Å². The molecular formula is C33H42N10O6. The van der Waals surface area contributed by atoms with Crippen molar-refractivity contribution in [1.29, 1.82) is 0 Å². The molecule has 0 aliphatic rings. The highest BCUT2D eigenvalue weighted by Crippen LogP contribution is 2.18. The van der Waals surface area contributed by atoms with Crippen LogP contribution in [0.4, 0.5) is 16.6 Å². The predicted molar refractivity (Wildman–Crippen MR) is 183 cm³/mol. The summed E-state index contributed by atoms with van der Waals surface area (Å²) in [6.45, 7) is 3.05. The molecule has 1 unspecified atom stereocenters. The lowest BCUT2D eigenvalue weighted by Gasteiger charge is -2.15. The number of nitrogens with zero attached hydrogens (tertiary/aromatic N) is 3. The summed E-state index contributed by atoms with van der Waals surface area (Å²) in [6.07, 6.45) is 2.46. The van der Waals surface area contributed by atoms with E-state index in [1.807, 2.05) is 30.3 Å². The fourth-order valence-electron chi connectivity index (χ4n) is 4.82. The third-order valence-electron chi connectivity index (χ3n) is 7.52. The van der Waals surface area contributed by atoms with Crippen LogP contribution in [0.15, 0.2) is 59.4 Å². The minimum atomic E-state index is -0.911. The third-order valence-corrected chi connectivity index (χ3v) is 7.52. The van der Waals surface area contributed by atoms with E-state index in [1.54, 1.807) is 24.3 Å². The number of unbranched alkanes of at least 4 members (excludes halogenated alkanes) is 2. The number of H-pyrrole nitrogens is 1. The molecule has 0 radical (unpaired) electrons. The molecule has 4 amide bonds. The number of amides is 4. The number of nitrogens with two attached hydrogens (primary N) is 2. The van der Waals surface area contributed by atoms with Gasteiger partial charge in [0.05, 0.1) is 13.1 Å². The van der Waals surface area contributed by atoms with Crippen LogP contribution in [-0.2, 0) is 27.5 Å². The van der Waals surface area contributed by atoms with Crippen LogP contribution in [0, 0.1) is 0 Å². The molecule has 49 heavy (non-hydrogen) atoms. The molecule has 0 fully saturated rings. The van der Waals surface area contributed by atoms with Crippen molar-refractivity contribution < 1.29 is 23.9 Å². The zero-order valence-electron chi connectivity index (χ0n) is 27.3. The Morgan fingerprint density at radius 3 is 2.41 bits per heavy atom. The van der Waals surface area contributed by atoms with Gasteiger partial charge in [0.25, 0.3) is 5.91 Å². The van der Waals surface area contributed by atoms with E-state index in [2.05, 4.69) is 43.1 Å². The summed E-state index contributed by atoms with van der Waals surface area (Å²) in [5.41, 5.74) is 13.7. The number of anilines is 2. The van der Waals surface area contributed by atoms with Crippen molar-refractivity contribution in [2.24, 2.45) is 5.73 Å². The van der Waals surface area contributed by atoms with Crippen LogP contribution in [0.25, 0.3) is 11.2 Å². The molecule has 0 saturated heterocycles. The molecule has 0 spiro atoms. The monoisotopic (exact) mass is 674 g/mol. The number of alkyl carbamates (subject to hydrolysis) is 1.